The summed E-state index contributed by atoms with van der Waals surface area (Å²) in [4.78, 5) is 17.9. The maximum absolute atomic E-state index is 13.1. The van der Waals surface area contributed by atoms with Gasteiger partial charge in [-0.2, -0.15) is 9.30 Å². The maximum Gasteiger partial charge on any atom is 0.252 e. The first-order valence-electron chi connectivity index (χ1n) is 10.1. The molecule has 1 aromatic carbocycles. The molecule has 12 heteroatoms. The highest BCUT2D eigenvalue weighted by atomic mass is 35.5. The Labute approximate surface area is 203 Å². The second kappa shape index (κ2) is 8.77. The quantitative estimate of drug-likeness (QED) is 0.489. The number of nitrogens with zero attached hydrogens (tertiary/aromatic N) is 3. The summed E-state index contributed by atoms with van der Waals surface area (Å²) in [6, 6.07) is 6.72. The van der Waals surface area contributed by atoms with E-state index in [2.05, 4.69) is 10.9 Å². The lowest BCUT2D eigenvalue weighted by atomic mass is 9.99. The van der Waals surface area contributed by atoms with Crippen molar-refractivity contribution in [3.63, 3.8) is 0 Å². The Bertz CT molecular complexity index is 1460. The van der Waals surface area contributed by atoms with Crippen LogP contribution in [-0.4, -0.2) is 43.1 Å². The Kier molecular flexibility index (Phi) is 5.96. The Morgan fingerprint density at radius 1 is 1.27 bits per heavy atom. The lowest BCUT2D eigenvalue weighted by Gasteiger charge is -2.29. The predicted molar refractivity (Wildman–Crippen MR) is 126 cm³/mol. The number of piperidine rings is 1. The van der Waals surface area contributed by atoms with Crippen molar-refractivity contribution in [1.29, 1.82) is 0 Å². The summed E-state index contributed by atoms with van der Waals surface area (Å²) < 4.78 is 41.4. The molecule has 2 aliphatic heterocycles. The zero-order chi connectivity index (χ0) is 23.2. The molecule has 1 amide bonds. The van der Waals surface area contributed by atoms with E-state index in [9.17, 15) is 13.2 Å². The van der Waals surface area contributed by atoms with Gasteiger partial charge in [-0.15, -0.1) is 17.8 Å². The van der Waals surface area contributed by atoms with Gasteiger partial charge in [-0.1, -0.05) is 28.9 Å². The summed E-state index contributed by atoms with van der Waals surface area (Å²) in [5.41, 5.74) is 0.802. The number of amides is 1. The molecule has 172 valence electrons. The van der Waals surface area contributed by atoms with Crippen LogP contribution in [0.25, 0.3) is 10.2 Å². The van der Waals surface area contributed by atoms with E-state index in [1.807, 2.05) is 12.1 Å². The molecule has 0 N–H and O–H groups in total. The second-order valence-electron chi connectivity index (χ2n) is 7.56. The fourth-order valence-corrected chi connectivity index (χ4v) is 8.11. The van der Waals surface area contributed by atoms with Gasteiger partial charge in [-0.3, -0.25) is 4.79 Å². The van der Waals surface area contributed by atoms with Crippen molar-refractivity contribution in [2.45, 2.75) is 23.6 Å². The van der Waals surface area contributed by atoms with Gasteiger partial charge in [-0.25, -0.2) is 8.42 Å². The first kappa shape index (κ1) is 22.4. The average molecular weight is 524 g/mol. The molecular weight excluding hydrogens is 506 g/mol. The van der Waals surface area contributed by atoms with Crippen LogP contribution in [0.4, 0.5) is 0 Å². The van der Waals surface area contributed by atoms with Crippen LogP contribution in [0.3, 0.4) is 0 Å². The van der Waals surface area contributed by atoms with Crippen LogP contribution in [0.1, 0.15) is 12.8 Å². The fraction of sp³-hybridized carbons (Fsp3) is 0.333. The number of halogens is 1. The molecule has 2 aliphatic rings. The smallest absolute Gasteiger partial charge is 0.252 e. The molecule has 1 saturated heterocycles. The zero-order valence-electron chi connectivity index (χ0n) is 17.2. The highest BCUT2D eigenvalue weighted by molar-refractivity contribution is 7.91. The molecule has 4 heterocycles. The summed E-state index contributed by atoms with van der Waals surface area (Å²) >= 11 is 8.25. The van der Waals surface area contributed by atoms with E-state index in [1.54, 1.807) is 10.6 Å². The molecular formula is C21H18ClN3O5S3. The predicted octanol–water partition coefficient (Wildman–Crippen LogP) is 3.31. The number of ether oxygens (including phenoxy) is 2. The topological polar surface area (TPSA) is 90.2 Å². The van der Waals surface area contributed by atoms with Crippen molar-refractivity contribution in [2.24, 2.45) is 10.9 Å². The molecule has 0 saturated carbocycles. The van der Waals surface area contributed by atoms with Gasteiger partial charge in [0.1, 0.15) is 4.21 Å². The van der Waals surface area contributed by atoms with Crippen molar-refractivity contribution in [2.75, 3.05) is 19.9 Å². The minimum atomic E-state index is -3.71. The van der Waals surface area contributed by atoms with Gasteiger partial charge < -0.3 is 14.0 Å². The number of sulfonamides is 1. The van der Waals surface area contributed by atoms with E-state index in [1.165, 1.54) is 21.7 Å². The van der Waals surface area contributed by atoms with Gasteiger partial charge in [0.25, 0.3) is 15.9 Å². The Morgan fingerprint density at radius 3 is 2.79 bits per heavy atom. The zero-order valence-corrected chi connectivity index (χ0v) is 20.4. The number of fused-ring (bicyclic) bond motifs is 2. The van der Waals surface area contributed by atoms with Crippen molar-refractivity contribution >= 4 is 60.4 Å². The normalized spacial score (nSPS) is 19.2. The second-order valence-corrected chi connectivity index (χ2v) is 12.4. The number of carbonyl (C=O) groups excluding carboxylic acids is 1. The lowest BCUT2D eigenvalue weighted by molar-refractivity contribution is -0.122. The van der Waals surface area contributed by atoms with E-state index in [0.717, 1.165) is 21.6 Å². The molecule has 0 radical (unpaired) electrons. The van der Waals surface area contributed by atoms with E-state index < -0.39 is 15.9 Å². The number of hydrogen-bond donors (Lipinski definition) is 0. The number of rotatable bonds is 4. The van der Waals surface area contributed by atoms with Crippen LogP contribution in [0.2, 0.25) is 4.34 Å². The van der Waals surface area contributed by atoms with Crippen molar-refractivity contribution in [3.05, 3.63) is 33.4 Å². The third-order valence-electron chi connectivity index (χ3n) is 5.51. The molecule has 1 atom stereocenters. The van der Waals surface area contributed by atoms with Gasteiger partial charge >= 0.3 is 0 Å². The number of benzene rings is 1. The molecule has 1 fully saturated rings. The van der Waals surface area contributed by atoms with Gasteiger partial charge in [0.2, 0.25) is 6.79 Å². The molecule has 8 nitrogen and oxygen atoms in total. The van der Waals surface area contributed by atoms with Gasteiger partial charge in [0.15, 0.2) is 16.3 Å². The largest absolute Gasteiger partial charge is 0.454 e. The fourth-order valence-electron chi connectivity index (χ4n) is 3.90. The maximum atomic E-state index is 13.1. The van der Waals surface area contributed by atoms with E-state index in [4.69, 9.17) is 27.5 Å². The number of thiazole rings is 1. The van der Waals surface area contributed by atoms with Crippen LogP contribution in [0, 0.1) is 18.3 Å². The summed E-state index contributed by atoms with van der Waals surface area (Å²) in [6.45, 7) is 0.829. The molecule has 5 rings (SSSR count). The van der Waals surface area contributed by atoms with Crippen LogP contribution < -0.4 is 14.3 Å². The van der Waals surface area contributed by atoms with E-state index in [0.29, 0.717) is 40.0 Å². The third-order valence-corrected chi connectivity index (χ3v) is 10.1. The highest BCUT2D eigenvalue weighted by Gasteiger charge is 2.34. The Hall–Kier alpha value is -2.36. The van der Waals surface area contributed by atoms with Crippen LogP contribution in [-0.2, 0) is 21.4 Å². The molecule has 1 unspecified atom stereocenters. The van der Waals surface area contributed by atoms with Gasteiger partial charge in [0.05, 0.1) is 27.0 Å². The summed E-state index contributed by atoms with van der Waals surface area (Å²) in [5.74, 6) is 2.95. The molecule has 0 bridgehead atoms. The standard InChI is InChI=1S/C21H18ClN3O5S3/c1-2-7-25-14-9-15-16(30-12-29-15)10-17(14)31-21(25)23-20(26)13-4-3-8-24(11-13)33(27,28)19-6-5-18(22)32-19/h1,5-6,9-10,13H,3-4,7-8,11-12H2. The first-order chi connectivity index (χ1) is 15.9. The Morgan fingerprint density at radius 2 is 2.06 bits per heavy atom. The summed E-state index contributed by atoms with van der Waals surface area (Å²) in [7, 11) is -3.71. The first-order valence-corrected chi connectivity index (χ1v) is 13.5. The lowest BCUT2D eigenvalue weighted by Crippen LogP contribution is -2.42. The Balaban J connectivity index is 1.45. The van der Waals surface area contributed by atoms with E-state index >= 15 is 0 Å². The van der Waals surface area contributed by atoms with Gasteiger partial charge in [0, 0.05) is 25.2 Å². The molecule has 33 heavy (non-hydrogen) atoms. The minimum Gasteiger partial charge on any atom is -0.454 e. The monoisotopic (exact) mass is 523 g/mol. The molecule has 3 aromatic rings. The van der Waals surface area contributed by atoms with Crippen LogP contribution in [0.5, 0.6) is 11.5 Å². The summed E-state index contributed by atoms with van der Waals surface area (Å²) in [6.07, 6.45) is 6.70. The molecule has 2 aromatic heterocycles. The minimum absolute atomic E-state index is 0.0796. The number of hydrogen-bond acceptors (Lipinski definition) is 7. The van der Waals surface area contributed by atoms with Crippen molar-refractivity contribution in [1.82, 2.24) is 8.87 Å². The van der Waals surface area contributed by atoms with E-state index in [-0.39, 0.29) is 30.0 Å². The van der Waals surface area contributed by atoms with Crippen molar-refractivity contribution < 1.29 is 22.7 Å². The molecule has 0 aliphatic carbocycles. The number of terminal acetylenes is 1. The van der Waals surface area contributed by atoms with Crippen LogP contribution >= 0.6 is 34.3 Å². The van der Waals surface area contributed by atoms with Crippen LogP contribution in [0.15, 0.2) is 33.5 Å². The number of thiophene rings is 1. The van der Waals surface area contributed by atoms with Gasteiger partial charge in [-0.05, 0) is 25.0 Å². The van der Waals surface area contributed by atoms with Crippen molar-refractivity contribution in [3.8, 4) is 23.8 Å². The number of aromatic nitrogens is 1. The third kappa shape index (κ3) is 4.18. The highest BCUT2D eigenvalue weighted by Crippen LogP contribution is 2.37. The summed E-state index contributed by atoms with van der Waals surface area (Å²) in [5, 5.41) is 0. The molecule has 0 spiro atoms. The number of carbonyl (C=O) groups is 1. The SMILES string of the molecule is C#CCn1c(=NC(=O)C2CCCN(S(=O)(=O)c3ccc(Cl)s3)C2)sc2cc3c(cc21)OCO3. The average Bonchev–Trinajstić information content (AvgIpc) is 3.52.